The van der Waals surface area contributed by atoms with Crippen molar-refractivity contribution in [1.82, 2.24) is 9.63 Å². The Labute approximate surface area is 200 Å². The molecule has 0 fully saturated rings. The molecule has 5 heteroatoms. The molecule has 0 radical (unpaired) electrons. The highest BCUT2D eigenvalue weighted by atomic mass is 19.1. The Morgan fingerprint density at radius 3 is 2.15 bits per heavy atom. The number of hydrogen-bond donors (Lipinski definition) is 0. The van der Waals surface area contributed by atoms with E-state index >= 15 is 0 Å². The minimum Gasteiger partial charge on any atom is -0.411 e. The number of nitrogens with zero attached hydrogens (tertiary/aromatic N) is 2. The summed E-state index contributed by atoms with van der Waals surface area (Å²) in [4.78, 5) is 8.26. The lowest BCUT2D eigenvalue weighted by atomic mass is 10.0. The standard InChI is InChI=1S/C29H32F2N2O/c1-8-14-32(24(9-2)15-19(3)4)29(23-16-27(30)20(5)28(31)17-23)18-34-33-21(6)25-12-10-11-13-26(25)22(33)7/h10-13,15-17,29H,2,6-8,14,18H2,1,3-5H3. The largest absolute Gasteiger partial charge is 0.411 e. The number of benzene rings is 2. The van der Waals surface area contributed by atoms with E-state index in [1.165, 1.54) is 19.1 Å². The van der Waals surface area contributed by atoms with Gasteiger partial charge in [-0.1, -0.05) is 56.5 Å². The lowest BCUT2D eigenvalue weighted by Crippen LogP contribution is -2.39. The van der Waals surface area contributed by atoms with Crippen molar-refractivity contribution in [3.05, 3.63) is 99.5 Å². The van der Waals surface area contributed by atoms with Crippen LogP contribution < -0.4 is 15.5 Å². The third-order valence-corrected chi connectivity index (χ3v) is 5.85. The van der Waals surface area contributed by atoms with Crippen LogP contribution in [-0.2, 0) is 0 Å². The molecule has 3 aromatic rings. The van der Waals surface area contributed by atoms with Crippen LogP contribution in [0.3, 0.4) is 0 Å². The van der Waals surface area contributed by atoms with Crippen molar-refractivity contribution in [3.8, 4) is 0 Å². The van der Waals surface area contributed by atoms with Gasteiger partial charge in [-0.15, -0.1) is 5.73 Å². The first-order valence-corrected chi connectivity index (χ1v) is 11.4. The summed E-state index contributed by atoms with van der Waals surface area (Å²) in [6.45, 7) is 20.3. The van der Waals surface area contributed by atoms with Crippen LogP contribution in [0.5, 0.6) is 0 Å². The Morgan fingerprint density at radius 1 is 1.12 bits per heavy atom. The van der Waals surface area contributed by atoms with E-state index in [1.54, 1.807) is 4.73 Å². The van der Waals surface area contributed by atoms with Gasteiger partial charge in [0.05, 0.1) is 22.4 Å². The number of halogens is 2. The number of rotatable bonds is 9. The number of fused-ring (bicyclic) bond motifs is 1. The van der Waals surface area contributed by atoms with Gasteiger partial charge in [-0.2, -0.15) is 4.73 Å². The zero-order valence-corrected chi connectivity index (χ0v) is 20.4. The molecule has 178 valence electrons. The molecule has 0 amide bonds. The first-order valence-electron chi connectivity index (χ1n) is 11.4. The third kappa shape index (κ3) is 5.00. The summed E-state index contributed by atoms with van der Waals surface area (Å²) in [5, 5.41) is 3.23. The molecule has 0 spiro atoms. The highest BCUT2D eigenvalue weighted by Crippen LogP contribution is 2.28. The fourth-order valence-corrected chi connectivity index (χ4v) is 4.09. The van der Waals surface area contributed by atoms with Gasteiger partial charge in [0.2, 0.25) is 0 Å². The zero-order chi connectivity index (χ0) is 25.0. The number of allylic oxidation sites excluding steroid dienone is 2. The minimum absolute atomic E-state index is 0.00834. The number of aromatic nitrogens is 1. The highest BCUT2D eigenvalue weighted by molar-refractivity contribution is 5.83. The van der Waals surface area contributed by atoms with Crippen molar-refractivity contribution in [3.63, 3.8) is 0 Å². The summed E-state index contributed by atoms with van der Waals surface area (Å²) in [6.07, 6.45) is 2.77. The van der Waals surface area contributed by atoms with Crippen molar-refractivity contribution >= 4 is 23.9 Å². The quantitative estimate of drug-likeness (QED) is 0.306. The van der Waals surface area contributed by atoms with Gasteiger partial charge in [0.25, 0.3) is 0 Å². The highest BCUT2D eigenvalue weighted by Gasteiger charge is 2.25. The maximum absolute atomic E-state index is 14.6. The molecule has 1 heterocycles. The van der Waals surface area contributed by atoms with Crippen molar-refractivity contribution < 1.29 is 13.6 Å². The monoisotopic (exact) mass is 462 g/mol. The van der Waals surface area contributed by atoms with Crippen molar-refractivity contribution in [2.75, 3.05) is 13.2 Å². The summed E-state index contributed by atoms with van der Waals surface area (Å²) in [7, 11) is 0. The maximum atomic E-state index is 14.6. The molecule has 3 nitrogen and oxygen atoms in total. The first kappa shape index (κ1) is 25.1. The fourth-order valence-electron chi connectivity index (χ4n) is 4.09. The van der Waals surface area contributed by atoms with Crippen molar-refractivity contribution in [2.24, 2.45) is 0 Å². The van der Waals surface area contributed by atoms with Gasteiger partial charge in [-0.25, -0.2) is 8.78 Å². The van der Waals surface area contributed by atoms with Crippen molar-refractivity contribution in [1.29, 1.82) is 0 Å². The van der Waals surface area contributed by atoms with E-state index in [4.69, 9.17) is 4.84 Å². The second-order valence-corrected chi connectivity index (χ2v) is 8.63. The molecule has 0 saturated carbocycles. The van der Waals surface area contributed by atoms with Gasteiger partial charge in [0.1, 0.15) is 18.2 Å². The Balaban J connectivity index is 2.12. The molecule has 34 heavy (non-hydrogen) atoms. The summed E-state index contributed by atoms with van der Waals surface area (Å²) in [6, 6.07) is 10.0. The average molecular weight is 463 g/mol. The van der Waals surface area contributed by atoms with E-state index in [0.29, 0.717) is 22.8 Å². The normalized spacial score (nSPS) is 11.7. The molecule has 1 atom stereocenters. The summed E-state index contributed by atoms with van der Waals surface area (Å²) >= 11 is 0. The Hall–Kier alpha value is -3.56. The second-order valence-electron chi connectivity index (χ2n) is 8.63. The van der Waals surface area contributed by atoms with Gasteiger partial charge in [-0.05, 0) is 51.0 Å². The zero-order valence-electron chi connectivity index (χ0n) is 20.4. The van der Waals surface area contributed by atoms with E-state index in [0.717, 1.165) is 28.5 Å². The molecule has 0 bridgehead atoms. The summed E-state index contributed by atoms with van der Waals surface area (Å²) in [5.74, 6) is -1.18. The van der Waals surface area contributed by atoms with Crippen LogP contribution in [0, 0.1) is 18.6 Å². The lowest BCUT2D eigenvalue weighted by molar-refractivity contribution is 0.0523. The summed E-state index contributed by atoms with van der Waals surface area (Å²) in [5.41, 5.74) is 5.25. The molecule has 3 rings (SSSR count). The van der Waals surface area contributed by atoms with Crippen LogP contribution >= 0.6 is 0 Å². The SMILES string of the molecule is C=C=C(C=C(C)C)N(CCC)C(COn1c(=C)c2ccccc2c1=C)c1cc(F)c(C)c(F)c1. The van der Waals surface area contributed by atoms with E-state index < -0.39 is 17.7 Å². The average Bonchev–Trinajstić information content (AvgIpc) is 3.05. The molecular weight excluding hydrogens is 430 g/mol. The van der Waals surface area contributed by atoms with Crippen molar-refractivity contribution in [2.45, 2.75) is 40.2 Å². The van der Waals surface area contributed by atoms with Crippen LogP contribution in [0.25, 0.3) is 23.9 Å². The van der Waals surface area contributed by atoms with Crippen LogP contribution in [0.2, 0.25) is 0 Å². The molecule has 0 aliphatic heterocycles. The minimum atomic E-state index is -0.592. The molecule has 1 aromatic heterocycles. The molecule has 0 N–H and O–H groups in total. The van der Waals surface area contributed by atoms with Crippen LogP contribution in [0.4, 0.5) is 8.78 Å². The van der Waals surface area contributed by atoms with Gasteiger partial charge >= 0.3 is 0 Å². The van der Waals surface area contributed by atoms with E-state index in [1.807, 2.05) is 56.0 Å². The summed E-state index contributed by atoms with van der Waals surface area (Å²) < 4.78 is 30.8. The molecule has 0 saturated heterocycles. The topological polar surface area (TPSA) is 17.4 Å². The molecular formula is C29H32F2N2O. The second kappa shape index (κ2) is 10.6. The predicted octanol–water partition coefficient (Wildman–Crippen LogP) is 5.57. The van der Waals surface area contributed by atoms with Gasteiger partial charge in [0.15, 0.2) is 0 Å². The Bertz CT molecular complexity index is 1310. The Kier molecular flexibility index (Phi) is 7.80. The van der Waals surface area contributed by atoms with Crippen LogP contribution in [0.15, 0.2) is 66.1 Å². The smallest absolute Gasteiger partial charge is 0.139 e. The number of hydrogen-bond acceptors (Lipinski definition) is 2. The third-order valence-electron chi connectivity index (χ3n) is 5.85. The molecule has 0 aliphatic rings. The Morgan fingerprint density at radius 2 is 1.68 bits per heavy atom. The fraction of sp³-hybridized carbons (Fsp3) is 0.276. The van der Waals surface area contributed by atoms with Crippen LogP contribution in [0.1, 0.15) is 44.4 Å². The molecule has 2 aromatic carbocycles. The first-order chi connectivity index (χ1) is 16.2. The lowest BCUT2D eigenvalue weighted by Gasteiger charge is -2.34. The van der Waals surface area contributed by atoms with E-state index in [2.05, 4.69) is 25.5 Å². The molecule has 1 unspecified atom stereocenters. The van der Waals surface area contributed by atoms with E-state index in [9.17, 15) is 8.78 Å². The van der Waals surface area contributed by atoms with Gasteiger partial charge in [-0.3, -0.25) is 0 Å². The predicted molar refractivity (Wildman–Crippen MR) is 137 cm³/mol. The van der Waals surface area contributed by atoms with Crippen LogP contribution in [-0.4, -0.2) is 22.8 Å². The van der Waals surface area contributed by atoms with Gasteiger partial charge in [0, 0.05) is 22.9 Å². The maximum Gasteiger partial charge on any atom is 0.139 e. The van der Waals surface area contributed by atoms with E-state index in [-0.39, 0.29) is 12.2 Å². The van der Waals surface area contributed by atoms with Gasteiger partial charge < -0.3 is 9.74 Å². The molecule has 0 aliphatic carbocycles.